The summed E-state index contributed by atoms with van der Waals surface area (Å²) >= 11 is 0. The molecule has 0 radical (unpaired) electrons. The molecule has 0 bridgehead atoms. The Morgan fingerprint density at radius 1 is 1.07 bits per heavy atom. The van der Waals surface area contributed by atoms with Crippen LogP contribution < -0.4 is 4.74 Å². The number of aromatic nitrogens is 4. The van der Waals surface area contributed by atoms with E-state index >= 15 is 0 Å². The summed E-state index contributed by atoms with van der Waals surface area (Å²) in [6.45, 7) is 3.83. The van der Waals surface area contributed by atoms with E-state index in [4.69, 9.17) is 4.74 Å². The van der Waals surface area contributed by atoms with Gasteiger partial charge in [0.25, 0.3) is 5.91 Å². The lowest BCUT2D eigenvalue weighted by atomic mass is 9.97. The van der Waals surface area contributed by atoms with Crippen LogP contribution >= 0.6 is 0 Å². The highest BCUT2D eigenvalue weighted by Gasteiger charge is 2.25. The topological polar surface area (TPSA) is 81.1 Å². The van der Waals surface area contributed by atoms with Gasteiger partial charge in [0, 0.05) is 30.9 Å². The molecule has 4 rings (SSSR count). The lowest BCUT2D eigenvalue weighted by Gasteiger charge is -2.31. The van der Waals surface area contributed by atoms with Gasteiger partial charge in [-0.2, -0.15) is 0 Å². The van der Waals surface area contributed by atoms with Gasteiger partial charge in [-0.05, 0) is 25.7 Å². The Morgan fingerprint density at radius 2 is 1.86 bits per heavy atom. The number of piperidine rings is 1. The Hall–Kier alpha value is -3.35. The summed E-state index contributed by atoms with van der Waals surface area (Å²) in [6.07, 6.45) is 6.48. The van der Waals surface area contributed by atoms with Crippen molar-refractivity contribution in [1.82, 2.24) is 24.8 Å². The predicted molar refractivity (Wildman–Crippen MR) is 108 cm³/mol. The third-order valence-electron chi connectivity index (χ3n) is 5.08. The number of rotatable bonds is 5. The number of nitrogens with zero attached hydrogens (tertiary/aromatic N) is 5. The Balaban J connectivity index is 1.29. The standard InChI is InChI=1S/C22H23N5O2/c1-16-12-24-20(13-23-16)22(28)27-9-7-17(8-10-27)14-29-21-11-19(25-15-26-21)18-5-3-2-4-6-18/h2-6,11-13,15,17H,7-10,14H2,1H3. The molecule has 1 amide bonds. The van der Waals surface area contributed by atoms with Crippen molar-refractivity contribution in [2.75, 3.05) is 19.7 Å². The molecular formula is C22H23N5O2. The van der Waals surface area contributed by atoms with Crippen molar-refractivity contribution in [3.8, 4) is 17.1 Å². The van der Waals surface area contributed by atoms with Gasteiger partial charge >= 0.3 is 0 Å². The molecular weight excluding hydrogens is 366 g/mol. The van der Waals surface area contributed by atoms with Crippen molar-refractivity contribution in [2.24, 2.45) is 5.92 Å². The second kappa shape index (κ2) is 8.77. The van der Waals surface area contributed by atoms with Crippen LogP contribution in [-0.4, -0.2) is 50.4 Å². The monoisotopic (exact) mass is 389 g/mol. The first kappa shape index (κ1) is 19.0. The number of carbonyl (C=O) groups excluding carboxylic acids is 1. The van der Waals surface area contributed by atoms with Gasteiger partial charge in [0.15, 0.2) is 0 Å². The molecule has 3 heterocycles. The van der Waals surface area contributed by atoms with Gasteiger partial charge in [-0.15, -0.1) is 0 Å². The molecule has 0 unspecified atom stereocenters. The van der Waals surface area contributed by atoms with Gasteiger partial charge in [-0.3, -0.25) is 9.78 Å². The Morgan fingerprint density at radius 3 is 2.59 bits per heavy atom. The molecule has 29 heavy (non-hydrogen) atoms. The fourth-order valence-corrected chi connectivity index (χ4v) is 3.36. The Labute approximate surface area is 169 Å². The summed E-state index contributed by atoms with van der Waals surface area (Å²) in [4.78, 5) is 31.3. The minimum atomic E-state index is -0.0554. The van der Waals surface area contributed by atoms with Gasteiger partial charge in [0.1, 0.15) is 12.0 Å². The van der Waals surface area contributed by atoms with E-state index in [2.05, 4.69) is 19.9 Å². The second-order valence-electron chi connectivity index (χ2n) is 7.20. The van der Waals surface area contributed by atoms with E-state index in [1.165, 1.54) is 6.33 Å². The van der Waals surface area contributed by atoms with Crippen molar-refractivity contribution in [3.05, 3.63) is 66.5 Å². The quantitative estimate of drug-likeness (QED) is 0.667. The van der Waals surface area contributed by atoms with Crippen LogP contribution in [0.25, 0.3) is 11.3 Å². The number of amides is 1. The summed E-state index contributed by atoms with van der Waals surface area (Å²) in [6, 6.07) is 11.8. The van der Waals surface area contributed by atoms with Crippen LogP contribution in [0, 0.1) is 12.8 Å². The van der Waals surface area contributed by atoms with Crippen LogP contribution in [0.3, 0.4) is 0 Å². The van der Waals surface area contributed by atoms with Gasteiger partial charge < -0.3 is 9.64 Å². The largest absolute Gasteiger partial charge is 0.477 e. The van der Waals surface area contributed by atoms with E-state index in [1.807, 2.05) is 48.2 Å². The smallest absolute Gasteiger partial charge is 0.274 e. The summed E-state index contributed by atoms with van der Waals surface area (Å²) in [5.74, 6) is 0.908. The van der Waals surface area contributed by atoms with Crippen molar-refractivity contribution in [3.63, 3.8) is 0 Å². The normalized spacial score (nSPS) is 14.6. The Kier molecular flexibility index (Phi) is 5.74. The van der Waals surface area contributed by atoms with Crippen molar-refractivity contribution in [1.29, 1.82) is 0 Å². The molecule has 3 aromatic rings. The highest BCUT2D eigenvalue weighted by atomic mass is 16.5. The van der Waals surface area contributed by atoms with Crippen LogP contribution in [0.2, 0.25) is 0 Å². The SMILES string of the molecule is Cc1cnc(C(=O)N2CCC(COc3cc(-c4ccccc4)ncn3)CC2)cn1. The van der Waals surface area contributed by atoms with Crippen LogP contribution in [-0.2, 0) is 0 Å². The number of hydrogen-bond acceptors (Lipinski definition) is 6. The van der Waals surface area contributed by atoms with Crippen molar-refractivity contribution in [2.45, 2.75) is 19.8 Å². The summed E-state index contributed by atoms with van der Waals surface area (Å²) < 4.78 is 5.92. The highest BCUT2D eigenvalue weighted by Crippen LogP contribution is 2.22. The van der Waals surface area contributed by atoms with Gasteiger partial charge in [0.2, 0.25) is 5.88 Å². The number of carbonyl (C=O) groups is 1. The maximum absolute atomic E-state index is 12.5. The minimum absolute atomic E-state index is 0.0554. The van der Waals surface area contributed by atoms with E-state index in [9.17, 15) is 4.79 Å². The fraction of sp³-hybridized carbons (Fsp3) is 0.318. The zero-order valence-corrected chi connectivity index (χ0v) is 16.4. The van der Waals surface area contributed by atoms with E-state index in [0.29, 0.717) is 37.2 Å². The molecule has 1 fully saturated rings. The predicted octanol–water partition coefficient (Wildman–Crippen LogP) is 3.17. The summed E-state index contributed by atoms with van der Waals surface area (Å²) in [5, 5.41) is 0. The maximum Gasteiger partial charge on any atom is 0.274 e. The molecule has 0 saturated carbocycles. The molecule has 0 N–H and O–H groups in total. The van der Waals surface area contributed by atoms with Gasteiger partial charge in [-0.1, -0.05) is 30.3 Å². The molecule has 1 aliphatic heterocycles. The molecule has 0 spiro atoms. The molecule has 2 aromatic heterocycles. The summed E-state index contributed by atoms with van der Waals surface area (Å²) in [7, 11) is 0. The van der Waals surface area contributed by atoms with E-state index in [-0.39, 0.29) is 5.91 Å². The summed E-state index contributed by atoms with van der Waals surface area (Å²) in [5.41, 5.74) is 3.08. The Bertz CT molecular complexity index is 954. The lowest BCUT2D eigenvalue weighted by Crippen LogP contribution is -2.40. The van der Waals surface area contributed by atoms with Crippen LogP contribution in [0.5, 0.6) is 5.88 Å². The van der Waals surface area contributed by atoms with Crippen molar-refractivity contribution >= 4 is 5.91 Å². The lowest BCUT2D eigenvalue weighted by molar-refractivity contribution is 0.0653. The van der Waals surface area contributed by atoms with E-state index in [1.54, 1.807) is 12.4 Å². The van der Waals surface area contributed by atoms with Crippen LogP contribution in [0.1, 0.15) is 29.0 Å². The number of benzene rings is 1. The van der Waals surface area contributed by atoms with E-state index < -0.39 is 0 Å². The number of likely N-dealkylation sites (tertiary alicyclic amines) is 1. The molecule has 7 nitrogen and oxygen atoms in total. The first-order valence-corrected chi connectivity index (χ1v) is 9.77. The average molecular weight is 389 g/mol. The molecule has 1 saturated heterocycles. The molecule has 1 aliphatic rings. The third kappa shape index (κ3) is 4.74. The van der Waals surface area contributed by atoms with Crippen molar-refractivity contribution < 1.29 is 9.53 Å². The van der Waals surface area contributed by atoms with Crippen LogP contribution in [0.15, 0.2) is 55.1 Å². The maximum atomic E-state index is 12.5. The molecule has 0 atom stereocenters. The molecule has 148 valence electrons. The average Bonchev–Trinajstić information content (AvgIpc) is 2.79. The molecule has 7 heteroatoms. The number of ether oxygens (including phenoxy) is 1. The zero-order valence-electron chi connectivity index (χ0n) is 16.4. The third-order valence-corrected chi connectivity index (χ3v) is 5.08. The first-order chi connectivity index (χ1) is 14.2. The fourth-order valence-electron chi connectivity index (χ4n) is 3.36. The zero-order chi connectivity index (χ0) is 20.1. The number of hydrogen-bond donors (Lipinski definition) is 0. The second-order valence-corrected chi connectivity index (χ2v) is 7.20. The van der Waals surface area contributed by atoms with Gasteiger partial charge in [0.05, 0.1) is 24.2 Å². The highest BCUT2D eigenvalue weighted by molar-refractivity contribution is 5.92. The molecule has 0 aliphatic carbocycles. The minimum Gasteiger partial charge on any atom is -0.477 e. The number of aryl methyl sites for hydroxylation is 1. The van der Waals surface area contributed by atoms with Crippen LogP contribution in [0.4, 0.5) is 0 Å². The van der Waals surface area contributed by atoms with Gasteiger partial charge in [-0.25, -0.2) is 15.0 Å². The molecule has 1 aromatic carbocycles. The first-order valence-electron chi connectivity index (χ1n) is 9.77. The van der Waals surface area contributed by atoms with E-state index in [0.717, 1.165) is 29.8 Å².